The molecule has 1 heterocycles. The van der Waals surface area contributed by atoms with E-state index in [4.69, 9.17) is 0 Å². The molecule has 1 aliphatic heterocycles. The molecule has 2 heteroatoms. The SMILES string of the molecule is BC1C(C)(C)CC(C)(C)N(C(CCC)CCC)C(C)(C)CC1(C)C. The van der Waals surface area contributed by atoms with Gasteiger partial charge in [0.25, 0.3) is 0 Å². The largest absolute Gasteiger partial charge is 0.290 e. The predicted molar refractivity (Wildman–Crippen MR) is 113 cm³/mol. The third-order valence-electron chi connectivity index (χ3n) is 7.03. The molecule has 1 rings (SSSR count). The van der Waals surface area contributed by atoms with Gasteiger partial charge in [-0.05, 0) is 64.2 Å². The van der Waals surface area contributed by atoms with Gasteiger partial charge in [0.15, 0.2) is 0 Å². The highest BCUT2D eigenvalue weighted by Crippen LogP contribution is 2.56. The minimum Gasteiger partial charge on any atom is -0.290 e. The quantitative estimate of drug-likeness (QED) is 0.550. The Labute approximate surface area is 154 Å². The molecule has 142 valence electrons. The summed E-state index contributed by atoms with van der Waals surface area (Å²) in [5.74, 6) is 0.724. The lowest BCUT2D eigenvalue weighted by atomic mass is 9.49. The maximum Gasteiger partial charge on any atom is 0.106 e. The first-order valence-electron chi connectivity index (χ1n) is 10.5. The summed E-state index contributed by atoms with van der Waals surface area (Å²) >= 11 is 0. The molecule has 0 aromatic carbocycles. The van der Waals surface area contributed by atoms with Crippen LogP contribution in [0.25, 0.3) is 0 Å². The van der Waals surface area contributed by atoms with Crippen LogP contribution >= 0.6 is 0 Å². The van der Waals surface area contributed by atoms with Gasteiger partial charge in [0.1, 0.15) is 7.85 Å². The molecule has 0 atom stereocenters. The van der Waals surface area contributed by atoms with Gasteiger partial charge in [-0.25, -0.2) is 0 Å². The van der Waals surface area contributed by atoms with E-state index in [1.165, 1.54) is 38.5 Å². The summed E-state index contributed by atoms with van der Waals surface area (Å²) in [6.07, 6.45) is 7.79. The summed E-state index contributed by atoms with van der Waals surface area (Å²) in [6, 6.07) is 0.713. The average molecular weight is 335 g/mol. The maximum atomic E-state index is 2.95. The summed E-state index contributed by atoms with van der Waals surface area (Å²) < 4.78 is 0. The van der Waals surface area contributed by atoms with Crippen molar-refractivity contribution in [3.8, 4) is 0 Å². The van der Waals surface area contributed by atoms with Crippen molar-refractivity contribution in [2.24, 2.45) is 10.8 Å². The fourth-order valence-corrected chi connectivity index (χ4v) is 6.64. The monoisotopic (exact) mass is 335 g/mol. The molecule has 0 aromatic rings. The molecule has 0 spiro atoms. The molecule has 24 heavy (non-hydrogen) atoms. The van der Waals surface area contributed by atoms with Crippen molar-refractivity contribution in [1.29, 1.82) is 0 Å². The van der Waals surface area contributed by atoms with Crippen molar-refractivity contribution in [2.75, 3.05) is 0 Å². The fourth-order valence-electron chi connectivity index (χ4n) is 6.64. The minimum absolute atomic E-state index is 0.243. The second-order valence-corrected chi connectivity index (χ2v) is 11.3. The smallest absolute Gasteiger partial charge is 0.106 e. The van der Waals surface area contributed by atoms with E-state index in [9.17, 15) is 0 Å². The van der Waals surface area contributed by atoms with Crippen molar-refractivity contribution in [3.63, 3.8) is 0 Å². The molecule has 0 radical (unpaired) electrons. The van der Waals surface area contributed by atoms with E-state index in [0.717, 1.165) is 5.82 Å². The molecular formula is C22H46BN. The van der Waals surface area contributed by atoms with Crippen molar-refractivity contribution in [3.05, 3.63) is 0 Å². The number of hydrogen-bond acceptors (Lipinski definition) is 1. The van der Waals surface area contributed by atoms with Gasteiger partial charge in [-0.2, -0.15) is 0 Å². The van der Waals surface area contributed by atoms with Gasteiger partial charge >= 0.3 is 0 Å². The van der Waals surface area contributed by atoms with Crippen LogP contribution in [0.2, 0.25) is 5.82 Å². The Balaban J connectivity index is 3.41. The van der Waals surface area contributed by atoms with E-state index >= 15 is 0 Å². The topological polar surface area (TPSA) is 3.24 Å². The van der Waals surface area contributed by atoms with Crippen molar-refractivity contribution in [1.82, 2.24) is 4.90 Å². The zero-order chi connectivity index (χ0) is 19.0. The van der Waals surface area contributed by atoms with Gasteiger partial charge < -0.3 is 0 Å². The Morgan fingerprint density at radius 3 is 1.42 bits per heavy atom. The Morgan fingerprint density at radius 1 is 0.792 bits per heavy atom. The zero-order valence-corrected chi connectivity index (χ0v) is 18.8. The van der Waals surface area contributed by atoms with Crippen LogP contribution in [-0.4, -0.2) is 29.9 Å². The summed E-state index contributed by atoms with van der Waals surface area (Å²) in [5, 5.41) is 0. The van der Waals surface area contributed by atoms with Crippen LogP contribution in [0.4, 0.5) is 0 Å². The van der Waals surface area contributed by atoms with E-state index in [2.05, 4.69) is 82.0 Å². The Bertz CT molecular complexity index is 372. The predicted octanol–water partition coefficient (Wildman–Crippen LogP) is 6.08. The van der Waals surface area contributed by atoms with E-state index in [0.29, 0.717) is 16.9 Å². The summed E-state index contributed by atoms with van der Waals surface area (Å²) in [4.78, 5) is 2.95. The van der Waals surface area contributed by atoms with Crippen LogP contribution in [0.5, 0.6) is 0 Å². The van der Waals surface area contributed by atoms with E-state index in [-0.39, 0.29) is 11.1 Å². The molecule has 1 nitrogen and oxygen atoms in total. The first-order valence-corrected chi connectivity index (χ1v) is 10.5. The van der Waals surface area contributed by atoms with E-state index in [1.54, 1.807) is 0 Å². The van der Waals surface area contributed by atoms with Crippen LogP contribution in [0.3, 0.4) is 0 Å². The third-order valence-corrected chi connectivity index (χ3v) is 7.03. The highest BCUT2D eigenvalue weighted by atomic mass is 15.3. The van der Waals surface area contributed by atoms with Crippen LogP contribution in [-0.2, 0) is 0 Å². The Kier molecular flexibility index (Phi) is 6.74. The lowest BCUT2D eigenvalue weighted by molar-refractivity contribution is -0.0915. The normalized spacial score (nSPS) is 27.0. The van der Waals surface area contributed by atoms with Gasteiger partial charge in [-0.3, -0.25) is 4.90 Å². The first kappa shape index (κ1) is 22.1. The second kappa shape index (κ2) is 7.33. The molecule has 1 saturated heterocycles. The molecule has 0 aliphatic carbocycles. The van der Waals surface area contributed by atoms with E-state index in [1.807, 2.05) is 0 Å². The lowest BCUT2D eigenvalue weighted by Crippen LogP contribution is -2.64. The molecule has 0 unspecified atom stereocenters. The van der Waals surface area contributed by atoms with Crippen LogP contribution in [0.1, 0.15) is 108 Å². The molecule has 1 fully saturated rings. The molecule has 0 saturated carbocycles. The molecular weight excluding hydrogens is 289 g/mol. The molecule has 0 bridgehead atoms. The first-order chi connectivity index (χ1) is 10.7. The van der Waals surface area contributed by atoms with Crippen LogP contribution in [0.15, 0.2) is 0 Å². The number of rotatable bonds is 5. The molecule has 0 aromatic heterocycles. The van der Waals surface area contributed by atoms with Crippen molar-refractivity contribution < 1.29 is 0 Å². The highest BCUT2D eigenvalue weighted by Gasteiger charge is 2.51. The van der Waals surface area contributed by atoms with Crippen molar-refractivity contribution >= 4 is 7.85 Å². The summed E-state index contributed by atoms with van der Waals surface area (Å²) in [7, 11) is 2.50. The van der Waals surface area contributed by atoms with Crippen molar-refractivity contribution in [2.45, 2.75) is 131 Å². The summed E-state index contributed by atoms with van der Waals surface area (Å²) in [5.41, 5.74) is 1.22. The van der Waals surface area contributed by atoms with Gasteiger partial charge in [0.2, 0.25) is 0 Å². The zero-order valence-electron chi connectivity index (χ0n) is 18.8. The van der Waals surface area contributed by atoms with Crippen LogP contribution < -0.4 is 0 Å². The maximum absolute atomic E-state index is 2.95. The second-order valence-electron chi connectivity index (χ2n) is 11.3. The van der Waals surface area contributed by atoms with Gasteiger partial charge in [0.05, 0.1) is 0 Å². The standard InChI is InChI=1S/C22H46BN/c1-11-13-17(14-12-2)24-21(7,8)15-19(3,4)18(23)20(5,6)16-22(24,9)10/h17-18H,11-16,23H2,1-10H3. The molecule has 0 amide bonds. The Hall–Kier alpha value is 0.0249. The van der Waals surface area contributed by atoms with Gasteiger partial charge in [-0.1, -0.05) is 60.2 Å². The van der Waals surface area contributed by atoms with Gasteiger partial charge in [-0.15, -0.1) is 0 Å². The molecule has 0 N–H and O–H groups in total. The number of likely N-dealkylation sites (tertiary alicyclic amines) is 1. The number of hydrogen-bond donors (Lipinski definition) is 0. The Morgan fingerprint density at radius 2 is 1.12 bits per heavy atom. The third kappa shape index (κ3) is 4.60. The molecule has 1 aliphatic rings. The summed E-state index contributed by atoms with van der Waals surface area (Å²) in [6.45, 7) is 24.8. The average Bonchev–Trinajstić information content (AvgIpc) is 2.34. The number of nitrogens with zero attached hydrogens (tertiary/aromatic N) is 1. The minimum atomic E-state index is 0.243. The van der Waals surface area contributed by atoms with E-state index < -0.39 is 0 Å². The highest BCUT2D eigenvalue weighted by molar-refractivity contribution is 6.12. The lowest BCUT2D eigenvalue weighted by Gasteiger charge is -2.61. The van der Waals surface area contributed by atoms with Gasteiger partial charge in [0, 0.05) is 17.1 Å². The fraction of sp³-hybridized carbons (Fsp3) is 1.00. The van der Waals surface area contributed by atoms with Crippen LogP contribution in [0, 0.1) is 10.8 Å².